The number of methoxy groups -OCH3 is 1. The fourth-order valence-corrected chi connectivity index (χ4v) is 3.95. The zero-order chi connectivity index (χ0) is 21.8. The zero-order valence-corrected chi connectivity index (χ0v) is 17.5. The van der Waals surface area contributed by atoms with Crippen LogP contribution in [0.5, 0.6) is 5.75 Å². The Balaban J connectivity index is 1.28. The van der Waals surface area contributed by atoms with E-state index < -0.39 is 6.04 Å². The van der Waals surface area contributed by atoms with E-state index in [1.807, 2.05) is 29.2 Å². The number of fused-ring (bicyclic) bond motifs is 1. The molecule has 0 aliphatic carbocycles. The summed E-state index contributed by atoms with van der Waals surface area (Å²) < 4.78 is 5.20. The van der Waals surface area contributed by atoms with E-state index in [4.69, 9.17) is 4.74 Å². The Kier molecular flexibility index (Phi) is 6.06. The standard InChI is InChI=1S/C23H26N4O4/c1-31-17-8-6-16(7-9-17)26-12-14-27(15-13-26)21(28)11-10-20-23(30)24-19-5-3-2-4-18(19)22(29)25-20/h2-9,20H,10-15H2,1H3,(H,24,30)(H,25,29). The second-order valence-corrected chi connectivity index (χ2v) is 7.67. The molecule has 1 saturated heterocycles. The number of carbonyl (C=O) groups is 3. The van der Waals surface area contributed by atoms with E-state index in [2.05, 4.69) is 15.5 Å². The van der Waals surface area contributed by atoms with Gasteiger partial charge < -0.3 is 25.2 Å². The van der Waals surface area contributed by atoms with Crippen molar-refractivity contribution in [2.75, 3.05) is 43.5 Å². The predicted octanol–water partition coefficient (Wildman–Crippen LogP) is 1.87. The Morgan fingerprint density at radius 2 is 1.74 bits per heavy atom. The third kappa shape index (κ3) is 4.63. The molecule has 0 bridgehead atoms. The van der Waals surface area contributed by atoms with Gasteiger partial charge in [-0.1, -0.05) is 12.1 Å². The minimum atomic E-state index is -0.732. The summed E-state index contributed by atoms with van der Waals surface area (Å²) in [6, 6.07) is 14.0. The van der Waals surface area contributed by atoms with E-state index in [9.17, 15) is 14.4 Å². The highest BCUT2D eigenvalue weighted by atomic mass is 16.5. The first-order valence-electron chi connectivity index (χ1n) is 10.4. The minimum Gasteiger partial charge on any atom is -0.497 e. The fourth-order valence-electron chi connectivity index (χ4n) is 3.95. The van der Waals surface area contributed by atoms with Crippen molar-refractivity contribution in [3.8, 4) is 5.75 Å². The van der Waals surface area contributed by atoms with Crippen molar-refractivity contribution in [1.82, 2.24) is 10.2 Å². The summed E-state index contributed by atoms with van der Waals surface area (Å²) in [5, 5.41) is 5.52. The lowest BCUT2D eigenvalue weighted by molar-refractivity contribution is -0.131. The molecule has 2 aliphatic rings. The number of benzene rings is 2. The Bertz CT molecular complexity index is 968. The van der Waals surface area contributed by atoms with Crippen molar-refractivity contribution in [1.29, 1.82) is 0 Å². The van der Waals surface area contributed by atoms with Crippen molar-refractivity contribution in [3.05, 3.63) is 54.1 Å². The summed E-state index contributed by atoms with van der Waals surface area (Å²) >= 11 is 0. The molecule has 3 amide bonds. The first-order chi connectivity index (χ1) is 15.0. The van der Waals surface area contributed by atoms with Crippen LogP contribution in [0.4, 0.5) is 11.4 Å². The lowest BCUT2D eigenvalue weighted by Gasteiger charge is -2.36. The van der Waals surface area contributed by atoms with Gasteiger partial charge in [-0.2, -0.15) is 0 Å². The second-order valence-electron chi connectivity index (χ2n) is 7.67. The number of hydrogen-bond donors (Lipinski definition) is 2. The SMILES string of the molecule is COc1ccc(N2CCN(C(=O)CCC3NC(=O)c4ccccc4NC3=O)CC2)cc1. The van der Waals surface area contributed by atoms with Crippen LogP contribution in [-0.2, 0) is 9.59 Å². The number of nitrogens with one attached hydrogen (secondary N) is 2. The summed E-state index contributed by atoms with van der Waals surface area (Å²) in [6.45, 7) is 2.74. The normalized spacial score (nSPS) is 18.5. The molecule has 2 N–H and O–H groups in total. The first-order valence-corrected chi connectivity index (χ1v) is 10.4. The highest BCUT2D eigenvalue weighted by Gasteiger charge is 2.29. The van der Waals surface area contributed by atoms with E-state index in [-0.39, 0.29) is 30.6 Å². The second kappa shape index (κ2) is 9.07. The lowest BCUT2D eigenvalue weighted by atomic mass is 10.1. The van der Waals surface area contributed by atoms with Gasteiger partial charge in [-0.05, 0) is 42.8 Å². The first kappa shape index (κ1) is 20.7. The largest absolute Gasteiger partial charge is 0.497 e. The van der Waals surface area contributed by atoms with Crippen molar-refractivity contribution in [3.63, 3.8) is 0 Å². The number of piperazine rings is 1. The van der Waals surface area contributed by atoms with Crippen LogP contribution in [-0.4, -0.2) is 62.0 Å². The quantitative estimate of drug-likeness (QED) is 0.768. The summed E-state index contributed by atoms with van der Waals surface area (Å²) in [5.74, 6) is 0.212. The van der Waals surface area contributed by atoms with E-state index in [0.29, 0.717) is 24.3 Å². The predicted molar refractivity (Wildman–Crippen MR) is 117 cm³/mol. The summed E-state index contributed by atoms with van der Waals surface area (Å²) in [7, 11) is 1.64. The smallest absolute Gasteiger partial charge is 0.254 e. The monoisotopic (exact) mass is 422 g/mol. The van der Waals surface area contributed by atoms with Crippen molar-refractivity contribution >= 4 is 29.1 Å². The number of nitrogens with zero attached hydrogens (tertiary/aromatic N) is 2. The van der Waals surface area contributed by atoms with Crippen molar-refractivity contribution < 1.29 is 19.1 Å². The van der Waals surface area contributed by atoms with Gasteiger partial charge in [-0.15, -0.1) is 0 Å². The van der Waals surface area contributed by atoms with Gasteiger partial charge in [0.1, 0.15) is 11.8 Å². The maximum atomic E-state index is 12.7. The number of amides is 3. The van der Waals surface area contributed by atoms with Crippen molar-refractivity contribution in [2.45, 2.75) is 18.9 Å². The Labute approximate surface area is 181 Å². The van der Waals surface area contributed by atoms with Gasteiger partial charge in [0, 0.05) is 38.3 Å². The number of anilines is 2. The highest BCUT2D eigenvalue weighted by molar-refractivity contribution is 6.09. The minimum absolute atomic E-state index is 0.00167. The van der Waals surface area contributed by atoms with Crippen LogP contribution >= 0.6 is 0 Å². The Hall–Kier alpha value is -3.55. The van der Waals surface area contributed by atoms with Crippen LogP contribution in [0.3, 0.4) is 0 Å². The molecule has 0 aromatic heterocycles. The average Bonchev–Trinajstić information content (AvgIpc) is 2.93. The van der Waals surface area contributed by atoms with E-state index in [1.54, 1.807) is 31.4 Å². The Morgan fingerprint density at radius 1 is 1.03 bits per heavy atom. The van der Waals surface area contributed by atoms with Crippen molar-refractivity contribution in [2.24, 2.45) is 0 Å². The molecule has 8 heteroatoms. The maximum Gasteiger partial charge on any atom is 0.254 e. The number of rotatable bonds is 5. The van der Waals surface area contributed by atoms with Crippen LogP contribution in [0, 0.1) is 0 Å². The van der Waals surface area contributed by atoms with Gasteiger partial charge in [0.25, 0.3) is 5.91 Å². The molecule has 0 radical (unpaired) electrons. The molecular weight excluding hydrogens is 396 g/mol. The molecule has 0 spiro atoms. The average molecular weight is 422 g/mol. The molecule has 162 valence electrons. The molecule has 2 aromatic rings. The number of carbonyl (C=O) groups excluding carboxylic acids is 3. The fraction of sp³-hybridized carbons (Fsp3) is 0.348. The summed E-state index contributed by atoms with van der Waals surface area (Å²) in [4.78, 5) is 41.7. The molecule has 8 nitrogen and oxygen atoms in total. The molecule has 1 fully saturated rings. The van der Waals surface area contributed by atoms with Crippen LogP contribution in [0.1, 0.15) is 23.2 Å². The molecule has 4 rings (SSSR count). The topological polar surface area (TPSA) is 91.0 Å². The molecule has 2 aromatic carbocycles. The molecule has 2 aliphatic heterocycles. The van der Waals surface area contributed by atoms with Gasteiger partial charge in [-0.3, -0.25) is 14.4 Å². The molecule has 1 unspecified atom stereocenters. The Morgan fingerprint density at radius 3 is 2.45 bits per heavy atom. The van der Waals surface area contributed by atoms with Gasteiger partial charge in [-0.25, -0.2) is 0 Å². The highest BCUT2D eigenvalue weighted by Crippen LogP contribution is 2.22. The third-order valence-electron chi connectivity index (χ3n) is 5.77. The molecule has 1 atom stereocenters. The van der Waals surface area contributed by atoms with E-state index in [1.165, 1.54) is 0 Å². The summed E-state index contributed by atoms with van der Waals surface area (Å²) in [6.07, 6.45) is 0.473. The molecule has 2 heterocycles. The van der Waals surface area contributed by atoms with Gasteiger partial charge in [0.2, 0.25) is 11.8 Å². The molecular formula is C23H26N4O4. The molecule has 0 saturated carbocycles. The summed E-state index contributed by atoms with van der Waals surface area (Å²) in [5.41, 5.74) is 2.03. The lowest BCUT2D eigenvalue weighted by Crippen LogP contribution is -2.49. The zero-order valence-electron chi connectivity index (χ0n) is 17.5. The third-order valence-corrected chi connectivity index (χ3v) is 5.77. The number of ether oxygens (including phenoxy) is 1. The van der Waals surface area contributed by atoms with Gasteiger partial charge >= 0.3 is 0 Å². The van der Waals surface area contributed by atoms with Gasteiger partial charge in [0.15, 0.2) is 0 Å². The van der Waals surface area contributed by atoms with Gasteiger partial charge in [0.05, 0.1) is 18.4 Å². The van der Waals surface area contributed by atoms with Crippen LogP contribution in [0.25, 0.3) is 0 Å². The molecule has 31 heavy (non-hydrogen) atoms. The number of hydrogen-bond acceptors (Lipinski definition) is 5. The van der Waals surface area contributed by atoms with E-state index >= 15 is 0 Å². The van der Waals surface area contributed by atoms with Crippen LogP contribution in [0.15, 0.2) is 48.5 Å². The number of para-hydroxylation sites is 1. The van der Waals surface area contributed by atoms with E-state index in [0.717, 1.165) is 24.5 Å². The van der Waals surface area contributed by atoms with Crippen LogP contribution in [0.2, 0.25) is 0 Å². The maximum absolute atomic E-state index is 12.7. The van der Waals surface area contributed by atoms with Crippen LogP contribution < -0.4 is 20.3 Å².